The summed E-state index contributed by atoms with van der Waals surface area (Å²) in [5.74, 6) is -0.605. The van der Waals surface area contributed by atoms with Gasteiger partial charge in [-0.3, -0.25) is 4.90 Å². The number of likely N-dealkylation sites (tertiary alicyclic amines) is 1. The molecule has 0 spiro atoms. The second kappa shape index (κ2) is 6.68. The lowest BCUT2D eigenvalue weighted by Crippen LogP contribution is -2.30. The van der Waals surface area contributed by atoms with Crippen LogP contribution in [0.4, 0.5) is 0 Å². The summed E-state index contributed by atoms with van der Waals surface area (Å²) < 4.78 is 4.61. The van der Waals surface area contributed by atoms with Gasteiger partial charge in [-0.2, -0.15) is 0 Å². The molecule has 1 N–H and O–H groups in total. The highest BCUT2D eigenvalue weighted by Gasteiger charge is 2.22. The largest absolute Gasteiger partial charge is 0.467 e. The zero-order valence-corrected chi connectivity index (χ0v) is 11.3. The summed E-state index contributed by atoms with van der Waals surface area (Å²) in [7, 11) is 1.29. The molecule has 0 aliphatic carbocycles. The van der Waals surface area contributed by atoms with Gasteiger partial charge in [-0.05, 0) is 37.1 Å². The van der Waals surface area contributed by atoms with Crippen LogP contribution in [0.1, 0.15) is 36.5 Å². The first-order chi connectivity index (χ1) is 9.22. The number of hydrogen-bond acceptors (Lipinski definition) is 4. The molecule has 4 heteroatoms. The number of aliphatic hydroxyl groups is 1. The van der Waals surface area contributed by atoms with E-state index in [-0.39, 0.29) is 0 Å². The van der Waals surface area contributed by atoms with Crippen LogP contribution in [0.15, 0.2) is 24.3 Å². The number of piperidine rings is 1. The molecule has 104 valence electrons. The number of carbonyl (C=O) groups excluding carboxylic acids is 1. The minimum atomic E-state index is -1.19. The first-order valence-electron chi connectivity index (χ1n) is 6.78. The van der Waals surface area contributed by atoms with E-state index in [0.717, 1.165) is 25.2 Å². The Kier molecular flexibility index (Phi) is 4.93. The number of rotatable bonds is 4. The van der Waals surface area contributed by atoms with Crippen LogP contribution in [0.2, 0.25) is 0 Å². The minimum absolute atomic E-state index is 0.605. The predicted octanol–water partition coefficient (Wildman–Crippen LogP) is 1.88. The Morgan fingerprint density at radius 1 is 1.32 bits per heavy atom. The van der Waals surface area contributed by atoms with E-state index in [2.05, 4.69) is 9.64 Å². The van der Waals surface area contributed by atoms with Crippen molar-refractivity contribution in [2.24, 2.45) is 0 Å². The molecule has 1 heterocycles. The van der Waals surface area contributed by atoms with Gasteiger partial charge in [0.1, 0.15) is 0 Å². The van der Waals surface area contributed by atoms with Crippen molar-refractivity contribution in [3.63, 3.8) is 0 Å². The van der Waals surface area contributed by atoms with Crippen molar-refractivity contribution >= 4 is 5.97 Å². The normalized spacial score (nSPS) is 18.0. The number of hydrogen-bond donors (Lipinski definition) is 1. The van der Waals surface area contributed by atoms with Gasteiger partial charge in [-0.1, -0.05) is 30.7 Å². The Morgan fingerprint density at radius 2 is 2.00 bits per heavy atom. The number of esters is 1. The number of carbonyl (C=O) groups is 1. The van der Waals surface area contributed by atoms with Gasteiger partial charge in [0.05, 0.1) is 7.11 Å². The van der Waals surface area contributed by atoms with E-state index >= 15 is 0 Å². The second-order valence-electron chi connectivity index (χ2n) is 4.96. The van der Waals surface area contributed by atoms with E-state index in [9.17, 15) is 9.90 Å². The van der Waals surface area contributed by atoms with Crippen molar-refractivity contribution in [3.05, 3.63) is 35.4 Å². The van der Waals surface area contributed by atoms with Crippen molar-refractivity contribution in [2.45, 2.75) is 31.9 Å². The summed E-state index contributed by atoms with van der Waals surface area (Å²) in [6, 6.07) is 7.53. The fraction of sp³-hybridized carbons (Fsp3) is 0.533. The molecule has 0 saturated carbocycles. The Balaban J connectivity index is 2.13. The van der Waals surface area contributed by atoms with Crippen molar-refractivity contribution in [3.8, 4) is 0 Å². The third-order valence-corrected chi connectivity index (χ3v) is 3.62. The lowest BCUT2D eigenvalue weighted by atomic mass is 10.0. The molecule has 1 atom stereocenters. The third-order valence-electron chi connectivity index (χ3n) is 3.62. The molecule has 1 aliphatic heterocycles. The lowest BCUT2D eigenvalue weighted by molar-refractivity contribution is -0.150. The SMILES string of the molecule is COC(=O)C(O)c1ccccc1CN1CCCCC1. The molecule has 0 bridgehead atoms. The average Bonchev–Trinajstić information content (AvgIpc) is 2.47. The smallest absolute Gasteiger partial charge is 0.339 e. The Labute approximate surface area is 114 Å². The summed E-state index contributed by atoms with van der Waals surface area (Å²) in [6.45, 7) is 2.95. The molecule has 0 amide bonds. The van der Waals surface area contributed by atoms with Crippen molar-refractivity contribution in [2.75, 3.05) is 20.2 Å². The number of methoxy groups -OCH3 is 1. The zero-order chi connectivity index (χ0) is 13.7. The molecule has 4 nitrogen and oxygen atoms in total. The molecular weight excluding hydrogens is 242 g/mol. The van der Waals surface area contributed by atoms with Crippen LogP contribution in [0.25, 0.3) is 0 Å². The zero-order valence-electron chi connectivity index (χ0n) is 11.3. The van der Waals surface area contributed by atoms with E-state index in [1.165, 1.54) is 26.4 Å². The molecule has 2 rings (SSSR count). The van der Waals surface area contributed by atoms with E-state index in [1.54, 1.807) is 6.07 Å². The molecule has 1 aliphatic rings. The van der Waals surface area contributed by atoms with Gasteiger partial charge in [0.2, 0.25) is 0 Å². The standard InChI is InChI=1S/C15H21NO3/c1-19-15(18)14(17)13-8-4-3-7-12(13)11-16-9-5-2-6-10-16/h3-4,7-8,14,17H,2,5-6,9-11H2,1H3. The average molecular weight is 263 g/mol. The summed E-state index contributed by atoms with van der Waals surface area (Å²) in [6.07, 6.45) is 2.55. The number of aliphatic hydroxyl groups excluding tert-OH is 1. The van der Waals surface area contributed by atoms with Gasteiger partial charge in [-0.15, -0.1) is 0 Å². The van der Waals surface area contributed by atoms with Crippen LogP contribution >= 0.6 is 0 Å². The maximum atomic E-state index is 11.5. The van der Waals surface area contributed by atoms with E-state index in [4.69, 9.17) is 0 Å². The van der Waals surface area contributed by atoms with Gasteiger partial charge in [0.15, 0.2) is 6.10 Å². The molecule has 1 unspecified atom stereocenters. The van der Waals surface area contributed by atoms with Crippen LogP contribution in [-0.4, -0.2) is 36.2 Å². The topological polar surface area (TPSA) is 49.8 Å². The Bertz CT molecular complexity index is 427. The molecule has 1 saturated heterocycles. The molecule has 0 radical (unpaired) electrons. The van der Waals surface area contributed by atoms with Crippen LogP contribution in [0.5, 0.6) is 0 Å². The first kappa shape index (κ1) is 14.0. The van der Waals surface area contributed by atoms with Gasteiger partial charge < -0.3 is 9.84 Å². The molecule has 1 fully saturated rings. The van der Waals surface area contributed by atoms with Crippen molar-refractivity contribution in [1.29, 1.82) is 0 Å². The summed E-state index contributed by atoms with van der Waals surface area (Å²) >= 11 is 0. The highest BCUT2D eigenvalue weighted by Crippen LogP contribution is 2.22. The van der Waals surface area contributed by atoms with Crippen LogP contribution in [-0.2, 0) is 16.1 Å². The summed E-state index contributed by atoms with van der Waals surface area (Å²) in [5, 5.41) is 10.0. The minimum Gasteiger partial charge on any atom is -0.467 e. The number of benzene rings is 1. The monoisotopic (exact) mass is 263 g/mol. The quantitative estimate of drug-likeness (QED) is 0.843. The lowest BCUT2D eigenvalue weighted by Gasteiger charge is -2.27. The van der Waals surface area contributed by atoms with Gasteiger partial charge in [0, 0.05) is 6.54 Å². The van der Waals surface area contributed by atoms with E-state index in [0.29, 0.717) is 5.56 Å². The fourth-order valence-corrected chi connectivity index (χ4v) is 2.54. The van der Waals surface area contributed by atoms with Gasteiger partial charge >= 0.3 is 5.97 Å². The van der Waals surface area contributed by atoms with Crippen LogP contribution in [0.3, 0.4) is 0 Å². The van der Waals surface area contributed by atoms with Crippen molar-refractivity contribution < 1.29 is 14.6 Å². The molecule has 1 aromatic rings. The summed E-state index contributed by atoms with van der Waals surface area (Å²) in [5.41, 5.74) is 1.65. The molecule has 0 aromatic heterocycles. The maximum absolute atomic E-state index is 11.5. The first-order valence-corrected chi connectivity index (χ1v) is 6.78. The van der Waals surface area contributed by atoms with Gasteiger partial charge in [-0.25, -0.2) is 4.79 Å². The highest BCUT2D eigenvalue weighted by molar-refractivity contribution is 5.76. The number of nitrogens with zero attached hydrogens (tertiary/aromatic N) is 1. The molecule has 19 heavy (non-hydrogen) atoms. The Morgan fingerprint density at radius 3 is 2.68 bits per heavy atom. The van der Waals surface area contributed by atoms with Crippen molar-refractivity contribution in [1.82, 2.24) is 4.90 Å². The van der Waals surface area contributed by atoms with E-state index in [1.807, 2.05) is 18.2 Å². The van der Waals surface area contributed by atoms with Gasteiger partial charge in [0.25, 0.3) is 0 Å². The predicted molar refractivity (Wildman–Crippen MR) is 72.5 cm³/mol. The fourth-order valence-electron chi connectivity index (χ4n) is 2.54. The van der Waals surface area contributed by atoms with Crippen LogP contribution < -0.4 is 0 Å². The maximum Gasteiger partial charge on any atom is 0.339 e. The summed E-state index contributed by atoms with van der Waals surface area (Å²) in [4.78, 5) is 13.8. The molecular formula is C15H21NO3. The second-order valence-corrected chi connectivity index (χ2v) is 4.96. The van der Waals surface area contributed by atoms with Crippen LogP contribution in [0, 0.1) is 0 Å². The third kappa shape index (κ3) is 3.55. The van der Waals surface area contributed by atoms with E-state index < -0.39 is 12.1 Å². The Hall–Kier alpha value is -1.39. The molecule has 1 aromatic carbocycles. The highest BCUT2D eigenvalue weighted by atomic mass is 16.5. The number of ether oxygens (including phenoxy) is 1.